The van der Waals surface area contributed by atoms with E-state index in [1.807, 2.05) is 0 Å². The topological polar surface area (TPSA) is 64.7 Å². The Morgan fingerprint density at radius 2 is 1.62 bits per heavy atom. The molecule has 1 amide bonds. The Bertz CT molecular complexity index is 1220. The molecule has 1 aliphatic rings. The smallest absolute Gasteiger partial charge is 0.309 e. The lowest BCUT2D eigenvalue weighted by Gasteiger charge is -2.08. The molecule has 0 aliphatic heterocycles. The Balaban J connectivity index is 1.40. The summed E-state index contributed by atoms with van der Waals surface area (Å²) in [5.74, 6) is -11.2. The quantitative estimate of drug-likeness (QED) is 0.294. The van der Waals surface area contributed by atoms with E-state index in [0.29, 0.717) is 5.69 Å². The van der Waals surface area contributed by atoms with Gasteiger partial charge in [0.25, 0.3) is 0 Å². The molecular weight excluding hydrogens is 478 g/mol. The van der Waals surface area contributed by atoms with Crippen LogP contribution in [-0.2, 0) is 24.1 Å². The summed E-state index contributed by atoms with van der Waals surface area (Å²) in [6, 6.07) is 2.19. The molecule has 1 aliphatic carbocycles. The van der Waals surface area contributed by atoms with Crippen molar-refractivity contribution in [1.29, 1.82) is 0 Å². The van der Waals surface area contributed by atoms with E-state index >= 15 is 0 Å². The summed E-state index contributed by atoms with van der Waals surface area (Å²) in [4.78, 5) is 12.2. The highest BCUT2D eigenvalue weighted by Gasteiger charge is 2.37. The van der Waals surface area contributed by atoms with E-state index in [-0.39, 0.29) is 24.7 Å². The zero-order valence-corrected chi connectivity index (χ0v) is 17.1. The Morgan fingerprint density at radius 1 is 1.00 bits per heavy atom. The minimum atomic E-state index is -4.61. The molecule has 34 heavy (non-hydrogen) atoms. The van der Waals surface area contributed by atoms with E-state index in [1.165, 1.54) is 6.07 Å². The Kier molecular flexibility index (Phi) is 6.08. The van der Waals surface area contributed by atoms with Crippen LogP contribution in [0.3, 0.4) is 0 Å². The second-order valence-electron chi connectivity index (χ2n) is 7.69. The van der Waals surface area contributed by atoms with Gasteiger partial charge in [-0.25, -0.2) is 22.0 Å². The number of rotatable bonds is 7. The zero-order chi connectivity index (χ0) is 24.8. The van der Waals surface area contributed by atoms with Gasteiger partial charge < -0.3 is 5.32 Å². The molecule has 0 radical (unpaired) electrons. The van der Waals surface area contributed by atoms with Crippen LogP contribution in [0.5, 0.6) is 0 Å². The highest BCUT2D eigenvalue weighted by atomic mass is 19.4. The monoisotopic (exact) mass is 493 g/mol. The predicted octanol–water partition coefficient (Wildman–Crippen LogP) is 4.75. The number of anilines is 1. The fourth-order valence-electron chi connectivity index (χ4n) is 3.34. The number of hydrogen-bond acceptors (Lipinski definition) is 3. The van der Waals surface area contributed by atoms with Gasteiger partial charge in [0.15, 0.2) is 34.8 Å². The van der Waals surface area contributed by atoms with Crippen LogP contribution in [0.1, 0.15) is 42.1 Å². The maximum atomic E-state index is 13.8. The molecular formula is C20H15F8N5O. The number of benzene rings is 1. The third-order valence-electron chi connectivity index (χ3n) is 5.18. The zero-order valence-electron chi connectivity index (χ0n) is 17.1. The summed E-state index contributed by atoms with van der Waals surface area (Å²) in [5.41, 5.74) is -1.75. The summed E-state index contributed by atoms with van der Waals surface area (Å²) in [5, 5.41) is 9.69. The largest absolute Gasteiger partial charge is 0.435 e. The fourth-order valence-corrected chi connectivity index (χ4v) is 3.34. The molecule has 0 unspecified atom stereocenters. The molecule has 0 spiro atoms. The average Bonchev–Trinajstić information content (AvgIpc) is 3.37. The standard InChI is InChI=1S/C20H15F8N5O/c21-15-10(16(22)18(24)19(25)17(15)23)8-32-5-3-13(31-32)29-14(34)4-6-33-11(9-1-2-9)7-12(30-33)20(26,27)28/h3,5,7,9H,1-2,4,6,8H2,(H,29,31,34). The molecule has 1 N–H and O–H groups in total. The molecule has 3 aromatic rings. The minimum Gasteiger partial charge on any atom is -0.309 e. The maximum Gasteiger partial charge on any atom is 0.435 e. The number of aromatic nitrogens is 4. The lowest BCUT2D eigenvalue weighted by Crippen LogP contribution is -2.17. The molecule has 0 saturated heterocycles. The lowest BCUT2D eigenvalue weighted by atomic mass is 10.1. The summed E-state index contributed by atoms with van der Waals surface area (Å²) in [7, 11) is 0. The molecule has 4 rings (SSSR count). The predicted molar refractivity (Wildman–Crippen MR) is 100 cm³/mol. The van der Waals surface area contributed by atoms with Gasteiger partial charge in [0.1, 0.15) is 0 Å². The first-order valence-corrected chi connectivity index (χ1v) is 9.94. The third-order valence-corrected chi connectivity index (χ3v) is 5.18. The highest BCUT2D eigenvalue weighted by molar-refractivity contribution is 5.89. The maximum absolute atomic E-state index is 13.8. The van der Waals surface area contributed by atoms with Crippen molar-refractivity contribution in [3.05, 3.63) is 64.4 Å². The van der Waals surface area contributed by atoms with Gasteiger partial charge >= 0.3 is 6.18 Å². The number of nitrogens with zero attached hydrogens (tertiary/aromatic N) is 4. The van der Waals surface area contributed by atoms with Crippen LogP contribution in [0.25, 0.3) is 0 Å². The molecule has 14 heteroatoms. The van der Waals surface area contributed by atoms with Gasteiger partial charge in [0.2, 0.25) is 11.7 Å². The third kappa shape index (κ3) is 4.75. The molecule has 2 heterocycles. The van der Waals surface area contributed by atoms with Crippen LogP contribution in [0.4, 0.5) is 40.9 Å². The van der Waals surface area contributed by atoms with Crippen LogP contribution in [0, 0.1) is 29.1 Å². The van der Waals surface area contributed by atoms with Crippen molar-refractivity contribution in [2.45, 2.75) is 44.4 Å². The van der Waals surface area contributed by atoms with Crippen molar-refractivity contribution in [1.82, 2.24) is 19.6 Å². The molecule has 0 bridgehead atoms. The summed E-state index contributed by atoms with van der Waals surface area (Å²) < 4.78 is 108. The molecule has 2 aromatic heterocycles. The number of aryl methyl sites for hydroxylation is 1. The van der Waals surface area contributed by atoms with Gasteiger partial charge in [-0.15, -0.1) is 0 Å². The molecule has 1 fully saturated rings. The van der Waals surface area contributed by atoms with Crippen molar-refractivity contribution >= 4 is 11.7 Å². The van der Waals surface area contributed by atoms with Gasteiger partial charge in [0.05, 0.1) is 12.1 Å². The van der Waals surface area contributed by atoms with E-state index in [9.17, 15) is 39.9 Å². The average molecular weight is 493 g/mol. The first-order valence-electron chi connectivity index (χ1n) is 9.94. The fraction of sp³-hybridized carbons (Fsp3) is 0.350. The second kappa shape index (κ2) is 8.72. The summed E-state index contributed by atoms with van der Waals surface area (Å²) in [6.45, 7) is -0.932. The van der Waals surface area contributed by atoms with E-state index < -0.39 is 59.0 Å². The van der Waals surface area contributed by atoms with Crippen molar-refractivity contribution in [3.8, 4) is 0 Å². The van der Waals surface area contributed by atoms with E-state index in [0.717, 1.165) is 34.5 Å². The molecule has 6 nitrogen and oxygen atoms in total. The molecule has 1 aromatic carbocycles. The van der Waals surface area contributed by atoms with E-state index in [1.54, 1.807) is 0 Å². The van der Waals surface area contributed by atoms with E-state index in [2.05, 4.69) is 15.5 Å². The number of hydrogen-bond donors (Lipinski definition) is 1. The van der Waals surface area contributed by atoms with Gasteiger partial charge in [-0.3, -0.25) is 14.2 Å². The number of alkyl halides is 3. The van der Waals surface area contributed by atoms with Crippen LogP contribution in [-0.4, -0.2) is 25.5 Å². The summed E-state index contributed by atoms with van der Waals surface area (Å²) in [6.07, 6.45) is -2.25. The number of nitrogens with one attached hydrogen (secondary N) is 1. The number of halogens is 8. The van der Waals surface area contributed by atoms with Crippen molar-refractivity contribution in [2.75, 3.05) is 5.32 Å². The van der Waals surface area contributed by atoms with Gasteiger partial charge in [0, 0.05) is 36.8 Å². The van der Waals surface area contributed by atoms with Crippen molar-refractivity contribution < 1.29 is 39.9 Å². The Morgan fingerprint density at radius 3 is 2.21 bits per heavy atom. The SMILES string of the molecule is O=C(CCn1nc(C(F)(F)F)cc1C1CC1)Nc1ccn(Cc2c(F)c(F)c(F)c(F)c2F)n1. The first kappa shape index (κ1) is 23.7. The number of amides is 1. The lowest BCUT2D eigenvalue weighted by molar-refractivity contribution is -0.141. The Hall–Kier alpha value is -3.45. The molecule has 0 atom stereocenters. The highest BCUT2D eigenvalue weighted by Crippen LogP contribution is 2.42. The van der Waals surface area contributed by atoms with Crippen LogP contribution >= 0.6 is 0 Å². The van der Waals surface area contributed by atoms with Gasteiger partial charge in [-0.2, -0.15) is 23.4 Å². The molecule has 1 saturated carbocycles. The minimum absolute atomic E-state index is 0.0377. The van der Waals surface area contributed by atoms with Crippen LogP contribution < -0.4 is 5.32 Å². The van der Waals surface area contributed by atoms with Gasteiger partial charge in [-0.05, 0) is 18.9 Å². The van der Waals surface area contributed by atoms with Crippen LogP contribution in [0.15, 0.2) is 18.3 Å². The first-order chi connectivity index (χ1) is 16.0. The van der Waals surface area contributed by atoms with Crippen molar-refractivity contribution in [2.24, 2.45) is 0 Å². The van der Waals surface area contributed by atoms with E-state index in [4.69, 9.17) is 0 Å². The normalized spacial score (nSPS) is 14.0. The van der Waals surface area contributed by atoms with Crippen LogP contribution in [0.2, 0.25) is 0 Å². The Labute approximate surface area is 186 Å². The van der Waals surface area contributed by atoms with Crippen molar-refractivity contribution in [3.63, 3.8) is 0 Å². The second-order valence-corrected chi connectivity index (χ2v) is 7.69. The number of carbonyl (C=O) groups is 1. The number of carbonyl (C=O) groups excluding carboxylic acids is 1. The molecule has 182 valence electrons. The van der Waals surface area contributed by atoms with Gasteiger partial charge in [-0.1, -0.05) is 0 Å². The summed E-state index contributed by atoms with van der Waals surface area (Å²) >= 11 is 0.